The lowest BCUT2D eigenvalue weighted by Gasteiger charge is -2.19. The molecule has 0 aromatic heterocycles. The second-order valence-corrected chi connectivity index (χ2v) is 6.16. The molecule has 2 aromatic rings. The summed E-state index contributed by atoms with van der Waals surface area (Å²) >= 11 is 0. The van der Waals surface area contributed by atoms with E-state index in [-0.39, 0.29) is 11.0 Å². The molecule has 0 atom stereocenters. The molecule has 3 heteroatoms. The SMILES string of the molecule is Cc1ccc(C(=O)O)cc1Oc1ccc(C(C)(C)C)cc1. The summed E-state index contributed by atoms with van der Waals surface area (Å²) in [6.07, 6.45) is 0. The van der Waals surface area contributed by atoms with Crippen LogP contribution in [0.1, 0.15) is 42.3 Å². The summed E-state index contributed by atoms with van der Waals surface area (Å²) < 4.78 is 5.80. The monoisotopic (exact) mass is 284 g/mol. The molecule has 3 nitrogen and oxygen atoms in total. The zero-order valence-corrected chi connectivity index (χ0v) is 12.8. The first kappa shape index (κ1) is 15.1. The minimum absolute atomic E-state index is 0.0949. The lowest BCUT2D eigenvalue weighted by Crippen LogP contribution is -2.10. The number of carboxylic acid groups (broad SMARTS) is 1. The number of aromatic carboxylic acids is 1. The first-order valence-corrected chi connectivity index (χ1v) is 6.90. The molecule has 0 aliphatic heterocycles. The third-order valence-corrected chi connectivity index (χ3v) is 3.38. The topological polar surface area (TPSA) is 46.5 Å². The molecule has 0 aliphatic rings. The second-order valence-electron chi connectivity index (χ2n) is 6.16. The molecule has 2 rings (SSSR count). The summed E-state index contributed by atoms with van der Waals surface area (Å²) in [6, 6.07) is 12.8. The molecule has 0 spiro atoms. The first-order chi connectivity index (χ1) is 9.77. The minimum Gasteiger partial charge on any atom is -0.478 e. The Morgan fingerprint density at radius 1 is 1.05 bits per heavy atom. The van der Waals surface area contributed by atoms with Gasteiger partial charge in [-0.3, -0.25) is 0 Å². The van der Waals surface area contributed by atoms with Gasteiger partial charge < -0.3 is 9.84 Å². The van der Waals surface area contributed by atoms with Crippen LogP contribution in [0.25, 0.3) is 0 Å². The van der Waals surface area contributed by atoms with Gasteiger partial charge in [0.15, 0.2) is 0 Å². The number of carboxylic acids is 1. The summed E-state index contributed by atoms with van der Waals surface area (Å²) in [7, 11) is 0. The lowest BCUT2D eigenvalue weighted by atomic mass is 9.87. The molecule has 1 N–H and O–H groups in total. The van der Waals surface area contributed by atoms with Crippen molar-refractivity contribution in [3.05, 3.63) is 59.2 Å². The Labute approximate surface area is 125 Å². The van der Waals surface area contributed by atoms with Crippen LogP contribution >= 0.6 is 0 Å². The maximum atomic E-state index is 11.0. The Morgan fingerprint density at radius 2 is 1.67 bits per heavy atom. The Morgan fingerprint density at radius 3 is 2.19 bits per heavy atom. The molecule has 0 amide bonds. The zero-order chi connectivity index (χ0) is 15.6. The molecular weight excluding hydrogens is 264 g/mol. The first-order valence-electron chi connectivity index (χ1n) is 6.90. The summed E-state index contributed by atoms with van der Waals surface area (Å²) in [4.78, 5) is 11.0. The van der Waals surface area contributed by atoms with Gasteiger partial charge in [0.1, 0.15) is 11.5 Å². The number of aryl methyl sites for hydroxylation is 1. The van der Waals surface area contributed by atoms with Crippen LogP contribution in [0.2, 0.25) is 0 Å². The summed E-state index contributed by atoms with van der Waals surface area (Å²) in [5, 5.41) is 9.04. The van der Waals surface area contributed by atoms with Crippen molar-refractivity contribution in [1.29, 1.82) is 0 Å². The van der Waals surface area contributed by atoms with Gasteiger partial charge in [-0.05, 0) is 47.7 Å². The average molecular weight is 284 g/mol. The standard InChI is InChI=1S/C18H20O3/c1-12-5-6-13(17(19)20)11-16(12)21-15-9-7-14(8-10-15)18(2,3)4/h5-11H,1-4H3,(H,19,20). The van der Waals surface area contributed by atoms with Crippen molar-refractivity contribution in [3.8, 4) is 11.5 Å². The predicted octanol–water partition coefficient (Wildman–Crippen LogP) is 4.78. The van der Waals surface area contributed by atoms with E-state index in [1.165, 1.54) is 5.56 Å². The van der Waals surface area contributed by atoms with E-state index in [4.69, 9.17) is 9.84 Å². The van der Waals surface area contributed by atoms with Crippen LogP contribution in [0.4, 0.5) is 0 Å². The van der Waals surface area contributed by atoms with Gasteiger partial charge in [0, 0.05) is 0 Å². The van der Waals surface area contributed by atoms with E-state index in [2.05, 4.69) is 20.8 Å². The van der Waals surface area contributed by atoms with Crippen molar-refractivity contribution in [3.63, 3.8) is 0 Å². The molecule has 2 aromatic carbocycles. The van der Waals surface area contributed by atoms with E-state index in [0.29, 0.717) is 11.5 Å². The maximum absolute atomic E-state index is 11.0. The minimum atomic E-state index is -0.956. The van der Waals surface area contributed by atoms with Crippen molar-refractivity contribution in [2.75, 3.05) is 0 Å². The van der Waals surface area contributed by atoms with Crippen molar-refractivity contribution >= 4 is 5.97 Å². The molecule has 110 valence electrons. The number of hydrogen-bond acceptors (Lipinski definition) is 2. The normalized spacial score (nSPS) is 11.2. The molecule has 0 bridgehead atoms. The Kier molecular flexibility index (Phi) is 4.03. The summed E-state index contributed by atoms with van der Waals surface area (Å²) in [5.74, 6) is 0.315. The van der Waals surface area contributed by atoms with Crippen LogP contribution < -0.4 is 4.74 Å². The fraction of sp³-hybridized carbons (Fsp3) is 0.278. The molecule has 0 fully saturated rings. The van der Waals surface area contributed by atoms with Crippen LogP contribution in [-0.2, 0) is 5.41 Å². The largest absolute Gasteiger partial charge is 0.478 e. The van der Waals surface area contributed by atoms with E-state index >= 15 is 0 Å². The fourth-order valence-electron chi connectivity index (χ4n) is 1.99. The van der Waals surface area contributed by atoms with E-state index < -0.39 is 5.97 Å². The Bertz CT molecular complexity index is 649. The van der Waals surface area contributed by atoms with Crippen LogP contribution in [-0.4, -0.2) is 11.1 Å². The van der Waals surface area contributed by atoms with Crippen molar-refractivity contribution in [2.24, 2.45) is 0 Å². The number of rotatable bonds is 3. The van der Waals surface area contributed by atoms with Crippen LogP contribution in [0, 0.1) is 6.92 Å². The third kappa shape index (κ3) is 3.63. The highest BCUT2D eigenvalue weighted by atomic mass is 16.5. The number of carbonyl (C=O) groups is 1. The smallest absolute Gasteiger partial charge is 0.335 e. The van der Waals surface area contributed by atoms with Crippen LogP contribution in [0.5, 0.6) is 11.5 Å². The highest BCUT2D eigenvalue weighted by Gasteiger charge is 2.13. The quantitative estimate of drug-likeness (QED) is 0.882. The van der Waals surface area contributed by atoms with Gasteiger partial charge in [0.2, 0.25) is 0 Å². The van der Waals surface area contributed by atoms with Gasteiger partial charge in [0.05, 0.1) is 5.56 Å². The predicted molar refractivity (Wildman–Crippen MR) is 83.4 cm³/mol. The molecule has 0 radical (unpaired) electrons. The van der Waals surface area contributed by atoms with Gasteiger partial charge in [-0.1, -0.05) is 39.0 Å². The maximum Gasteiger partial charge on any atom is 0.335 e. The highest BCUT2D eigenvalue weighted by Crippen LogP contribution is 2.29. The van der Waals surface area contributed by atoms with E-state index in [1.807, 2.05) is 31.2 Å². The molecule has 0 unspecified atom stereocenters. The van der Waals surface area contributed by atoms with Gasteiger partial charge in [-0.25, -0.2) is 4.79 Å². The van der Waals surface area contributed by atoms with Crippen molar-refractivity contribution < 1.29 is 14.6 Å². The van der Waals surface area contributed by atoms with Gasteiger partial charge in [0.25, 0.3) is 0 Å². The molecule has 0 saturated heterocycles. The molecule has 0 aliphatic carbocycles. The Hall–Kier alpha value is -2.29. The van der Waals surface area contributed by atoms with Crippen LogP contribution in [0.15, 0.2) is 42.5 Å². The summed E-state index contributed by atoms with van der Waals surface area (Å²) in [5.41, 5.74) is 2.45. The van der Waals surface area contributed by atoms with Crippen molar-refractivity contribution in [1.82, 2.24) is 0 Å². The lowest BCUT2D eigenvalue weighted by molar-refractivity contribution is 0.0696. The third-order valence-electron chi connectivity index (χ3n) is 3.38. The van der Waals surface area contributed by atoms with E-state index in [1.54, 1.807) is 18.2 Å². The second kappa shape index (κ2) is 5.60. The number of benzene rings is 2. The zero-order valence-electron chi connectivity index (χ0n) is 12.8. The Balaban J connectivity index is 2.26. The molecule has 0 saturated carbocycles. The molecule has 0 heterocycles. The molecular formula is C18H20O3. The van der Waals surface area contributed by atoms with Crippen LogP contribution in [0.3, 0.4) is 0 Å². The van der Waals surface area contributed by atoms with Gasteiger partial charge in [-0.15, -0.1) is 0 Å². The number of hydrogen-bond donors (Lipinski definition) is 1. The van der Waals surface area contributed by atoms with E-state index in [9.17, 15) is 4.79 Å². The molecule has 21 heavy (non-hydrogen) atoms. The van der Waals surface area contributed by atoms with Gasteiger partial charge >= 0.3 is 5.97 Å². The average Bonchev–Trinajstić information content (AvgIpc) is 2.40. The van der Waals surface area contributed by atoms with Crippen molar-refractivity contribution in [2.45, 2.75) is 33.1 Å². The van der Waals surface area contributed by atoms with E-state index in [0.717, 1.165) is 5.56 Å². The fourth-order valence-corrected chi connectivity index (χ4v) is 1.99. The highest BCUT2D eigenvalue weighted by molar-refractivity contribution is 5.88. The summed E-state index contributed by atoms with van der Waals surface area (Å²) in [6.45, 7) is 8.36. The number of ether oxygens (including phenoxy) is 1. The van der Waals surface area contributed by atoms with Gasteiger partial charge in [-0.2, -0.15) is 0 Å².